The van der Waals surface area contributed by atoms with Crippen molar-refractivity contribution in [3.05, 3.63) is 0 Å². The molecule has 6 heavy (non-hydrogen) atoms. The van der Waals surface area contributed by atoms with Crippen molar-refractivity contribution in [3.8, 4) is 0 Å². The lowest BCUT2D eigenvalue weighted by molar-refractivity contribution is 0.976. The van der Waals surface area contributed by atoms with E-state index in [9.17, 15) is 0 Å². The fourth-order valence-corrected chi connectivity index (χ4v) is 0. The van der Waals surface area contributed by atoms with Crippen molar-refractivity contribution in [2.45, 2.75) is 22.6 Å². The van der Waals surface area contributed by atoms with Crippen LogP contribution in [-0.4, -0.2) is 8.75 Å². The van der Waals surface area contributed by atoms with Crippen LogP contribution in [0.2, 0.25) is 0 Å². The smallest absolute Gasteiger partial charge is 0.0232 e. The van der Waals surface area contributed by atoms with E-state index in [1.165, 1.54) is 0 Å². The van der Waals surface area contributed by atoms with Gasteiger partial charge in [0.1, 0.15) is 0 Å². The number of hydrogen-bond acceptors (Lipinski definition) is 0. The molecule has 0 aromatic heterocycles. The van der Waals surface area contributed by atoms with E-state index in [1.807, 2.05) is 0 Å². The Bertz CT molecular complexity index is 28.5. The van der Waals surface area contributed by atoms with Crippen molar-refractivity contribution in [1.82, 2.24) is 0 Å². The van der Waals surface area contributed by atoms with E-state index in [-0.39, 0.29) is 0 Å². The minimum atomic E-state index is 0.651. The normalized spacial score (nSPS) is 20.0. The SMILES string of the molecule is CC(Br)C(C)I. The third-order valence-corrected chi connectivity index (χ3v) is 3.49. The third-order valence-electron chi connectivity index (χ3n) is 0.633. The first-order valence-corrected chi connectivity index (χ1v) is 4.09. The van der Waals surface area contributed by atoms with E-state index in [2.05, 4.69) is 52.4 Å². The Balaban J connectivity index is 2.99. The van der Waals surface area contributed by atoms with Crippen molar-refractivity contribution < 1.29 is 0 Å². The molecule has 0 amide bonds. The Hall–Kier alpha value is 1.21. The van der Waals surface area contributed by atoms with Crippen molar-refractivity contribution in [2.24, 2.45) is 0 Å². The Labute approximate surface area is 61.0 Å². The predicted octanol–water partition coefficient (Wildman–Crippen LogP) is 2.59. The van der Waals surface area contributed by atoms with Gasteiger partial charge in [0.05, 0.1) is 0 Å². The van der Waals surface area contributed by atoms with Gasteiger partial charge in [0.15, 0.2) is 0 Å². The minimum absolute atomic E-state index is 0.651. The monoisotopic (exact) mass is 262 g/mol. The maximum Gasteiger partial charge on any atom is 0.0232 e. The van der Waals surface area contributed by atoms with E-state index >= 15 is 0 Å². The van der Waals surface area contributed by atoms with Gasteiger partial charge in [-0.2, -0.15) is 0 Å². The molecular formula is C4H8BrI. The quantitative estimate of drug-likeness (QED) is 0.503. The van der Waals surface area contributed by atoms with Crippen LogP contribution in [0, 0.1) is 0 Å². The van der Waals surface area contributed by atoms with Crippen LogP contribution in [0.5, 0.6) is 0 Å². The van der Waals surface area contributed by atoms with Gasteiger partial charge in [-0.05, 0) is 0 Å². The van der Waals surface area contributed by atoms with Crippen molar-refractivity contribution in [3.63, 3.8) is 0 Å². The standard InChI is InChI=1S/C4H8BrI/c1-3(5)4(2)6/h3-4H,1-2H3. The van der Waals surface area contributed by atoms with Gasteiger partial charge in [-0.25, -0.2) is 0 Å². The topological polar surface area (TPSA) is 0 Å². The second-order valence-corrected chi connectivity index (χ2v) is 4.76. The van der Waals surface area contributed by atoms with E-state index in [4.69, 9.17) is 0 Å². The summed E-state index contributed by atoms with van der Waals surface area (Å²) in [6, 6.07) is 0. The lowest BCUT2D eigenvalue weighted by Gasteiger charge is -2.01. The van der Waals surface area contributed by atoms with Gasteiger partial charge < -0.3 is 0 Å². The lowest BCUT2D eigenvalue weighted by atomic mass is 10.4. The van der Waals surface area contributed by atoms with E-state index in [0.717, 1.165) is 3.92 Å². The van der Waals surface area contributed by atoms with Gasteiger partial charge in [-0.15, -0.1) is 0 Å². The largest absolute Gasteiger partial charge is 0.0882 e. The maximum atomic E-state index is 3.43. The van der Waals surface area contributed by atoms with Crippen LogP contribution in [0.25, 0.3) is 0 Å². The van der Waals surface area contributed by atoms with Crippen LogP contribution in [0.4, 0.5) is 0 Å². The first-order valence-electron chi connectivity index (χ1n) is 1.92. The Morgan fingerprint density at radius 3 is 1.67 bits per heavy atom. The molecule has 0 fully saturated rings. The van der Waals surface area contributed by atoms with Crippen molar-refractivity contribution >= 4 is 38.5 Å². The minimum Gasteiger partial charge on any atom is -0.0882 e. The predicted molar refractivity (Wildman–Crippen MR) is 41.9 cm³/mol. The summed E-state index contributed by atoms with van der Waals surface area (Å²) >= 11 is 5.82. The summed E-state index contributed by atoms with van der Waals surface area (Å²) < 4.78 is 0.739. The summed E-state index contributed by atoms with van der Waals surface area (Å²) in [6.07, 6.45) is 0. The number of halogens is 2. The van der Waals surface area contributed by atoms with Gasteiger partial charge in [0.2, 0.25) is 0 Å². The molecule has 0 saturated carbocycles. The molecular weight excluding hydrogens is 255 g/mol. The van der Waals surface area contributed by atoms with Gasteiger partial charge in [-0.1, -0.05) is 52.4 Å². The van der Waals surface area contributed by atoms with E-state index in [0.29, 0.717) is 4.83 Å². The molecule has 0 spiro atoms. The molecule has 0 bridgehead atoms. The fourth-order valence-electron chi connectivity index (χ4n) is 0. The zero-order valence-electron chi connectivity index (χ0n) is 3.91. The number of alkyl halides is 2. The van der Waals surface area contributed by atoms with Crippen molar-refractivity contribution in [1.29, 1.82) is 0 Å². The number of rotatable bonds is 1. The molecule has 0 radical (unpaired) electrons. The molecule has 0 nitrogen and oxygen atoms in total. The van der Waals surface area contributed by atoms with Crippen LogP contribution in [0.1, 0.15) is 13.8 Å². The first-order chi connectivity index (χ1) is 2.64. The van der Waals surface area contributed by atoms with Gasteiger partial charge in [0.25, 0.3) is 0 Å². The Kier molecular flexibility index (Phi) is 3.90. The van der Waals surface area contributed by atoms with Crippen LogP contribution in [0.15, 0.2) is 0 Å². The maximum absolute atomic E-state index is 3.43. The molecule has 0 aliphatic heterocycles. The molecule has 2 unspecified atom stereocenters. The van der Waals surface area contributed by atoms with E-state index < -0.39 is 0 Å². The second kappa shape index (κ2) is 3.24. The molecule has 0 aliphatic carbocycles. The molecule has 38 valence electrons. The summed E-state index contributed by atoms with van der Waals surface area (Å²) in [5, 5.41) is 0. The van der Waals surface area contributed by atoms with Gasteiger partial charge in [0, 0.05) is 8.75 Å². The average Bonchev–Trinajstić information content (AvgIpc) is 1.36. The summed E-state index contributed by atoms with van der Waals surface area (Å²) in [6.45, 7) is 4.33. The summed E-state index contributed by atoms with van der Waals surface area (Å²) in [7, 11) is 0. The molecule has 0 aromatic rings. The molecule has 0 heterocycles. The third kappa shape index (κ3) is 3.40. The molecule has 0 rings (SSSR count). The van der Waals surface area contributed by atoms with E-state index in [1.54, 1.807) is 0 Å². The molecule has 0 aliphatic rings. The van der Waals surface area contributed by atoms with Gasteiger partial charge >= 0.3 is 0 Å². The van der Waals surface area contributed by atoms with Crippen LogP contribution in [0.3, 0.4) is 0 Å². The highest BCUT2D eigenvalue weighted by Crippen LogP contribution is 2.11. The van der Waals surface area contributed by atoms with Crippen LogP contribution in [-0.2, 0) is 0 Å². The van der Waals surface area contributed by atoms with Crippen LogP contribution < -0.4 is 0 Å². The highest BCUT2D eigenvalue weighted by atomic mass is 127. The molecule has 2 atom stereocenters. The zero-order chi connectivity index (χ0) is 5.15. The lowest BCUT2D eigenvalue weighted by Crippen LogP contribution is -2.01. The highest BCUT2D eigenvalue weighted by Gasteiger charge is 1.99. The average molecular weight is 263 g/mol. The molecule has 2 heteroatoms. The molecule has 0 aromatic carbocycles. The van der Waals surface area contributed by atoms with Gasteiger partial charge in [-0.3, -0.25) is 0 Å². The first kappa shape index (κ1) is 7.21. The highest BCUT2D eigenvalue weighted by molar-refractivity contribution is 14.1. The molecule has 0 N–H and O–H groups in total. The zero-order valence-corrected chi connectivity index (χ0v) is 7.65. The fraction of sp³-hybridized carbons (Fsp3) is 1.00. The van der Waals surface area contributed by atoms with Crippen molar-refractivity contribution in [2.75, 3.05) is 0 Å². The Morgan fingerprint density at radius 2 is 1.67 bits per heavy atom. The molecule has 0 saturated heterocycles. The summed E-state index contributed by atoms with van der Waals surface area (Å²) in [5.41, 5.74) is 0. The summed E-state index contributed by atoms with van der Waals surface area (Å²) in [5.74, 6) is 0. The second-order valence-electron chi connectivity index (χ2n) is 1.36. The Morgan fingerprint density at radius 1 is 1.50 bits per heavy atom. The van der Waals surface area contributed by atoms with Crippen LogP contribution >= 0.6 is 38.5 Å². The number of hydrogen-bond donors (Lipinski definition) is 0. The summed E-state index contributed by atoms with van der Waals surface area (Å²) in [4.78, 5) is 0.651.